The molecule has 0 spiro atoms. The molecule has 0 aliphatic carbocycles. The van der Waals surface area contributed by atoms with E-state index in [1.807, 2.05) is 6.92 Å². The highest BCUT2D eigenvalue weighted by molar-refractivity contribution is 6.55. The van der Waals surface area contributed by atoms with Crippen molar-refractivity contribution in [2.24, 2.45) is 0 Å². The Morgan fingerprint density at radius 2 is 1.78 bits per heavy atom. The highest BCUT2D eigenvalue weighted by atomic mass is 35.5. The van der Waals surface area contributed by atoms with Crippen molar-refractivity contribution >= 4 is 29.0 Å². The molecule has 0 saturated heterocycles. The summed E-state index contributed by atoms with van der Waals surface area (Å²) in [4.78, 5) is 25.0. The number of carbonyl (C=O) groups excluding carboxylic acids is 2. The normalized spacial score (nSPS) is 15.8. The fourth-order valence-electron chi connectivity index (χ4n) is 1.84. The maximum absolute atomic E-state index is 12.8. The monoisotopic (exact) mass is 267 g/mol. The summed E-state index contributed by atoms with van der Waals surface area (Å²) in [5.74, 6) is -1.31. The fraction of sp³-hybridized carbons (Fsp3) is 0.231. The Bertz CT molecular complexity index is 536. The molecule has 0 fully saturated rings. The number of hydrogen-bond donors (Lipinski definition) is 0. The molecule has 0 N–H and O–H groups in total. The van der Waals surface area contributed by atoms with Gasteiger partial charge in [-0.05, 0) is 24.1 Å². The van der Waals surface area contributed by atoms with Crippen molar-refractivity contribution in [1.82, 2.24) is 4.90 Å². The number of halogens is 2. The molecule has 5 heteroatoms. The van der Waals surface area contributed by atoms with E-state index in [0.717, 1.165) is 4.90 Å². The minimum Gasteiger partial charge on any atom is -0.274 e. The molecule has 1 aliphatic rings. The van der Waals surface area contributed by atoms with Crippen molar-refractivity contribution in [3.63, 3.8) is 0 Å². The van der Waals surface area contributed by atoms with Crippen molar-refractivity contribution in [2.45, 2.75) is 13.3 Å². The number of imide groups is 1. The molecule has 94 valence electrons. The van der Waals surface area contributed by atoms with Crippen molar-refractivity contribution in [3.05, 3.63) is 40.7 Å². The summed E-state index contributed by atoms with van der Waals surface area (Å²) in [6, 6.07) is 5.33. The van der Waals surface area contributed by atoms with Gasteiger partial charge in [-0.2, -0.15) is 0 Å². The molecule has 3 nitrogen and oxygen atoms in total. The largest absolute Gasteiger partial charge is 0.274 e. The SMILES string of the molecule is CCCN1C(=O)C(Cl)=C(c2ccc(F)cc2)C1=O. The van der Waals surface area contributed by atoms with E-state index in [-0.39, 0.29) is 10.6 Å². The summed E-state index contributed by atoms with van der Waals surface area (Å²) in [6.45, 7) is 2.20. The Kier molecular flexibility index (Phi) is 3.48. The molecule has 0 aromatic heterocycles. The lowest BCUT2D eigenvalue weighted by atomic mass is 10.1. The van der Waals surface area contributed by atoms with Gasteiger partial charge < -0.3 is 0 Å². The van der Waals surface area contributed by atoms with Gasteiger partial charge in [-0.25, -0.2) is 4.39 Å². The Hall–Kier alpha value is -1.68. The zero-order chi connectivity index (χ0) is 13.3. The van der Waals surface area contributed by atoms with Gasteiger partial charge in [0, 0.05) is 6.54 Å². The number of carbonyl (C=O) groups is 2. The first kappa shape index (κ1) is 12.8. The predicted octanol–water partition coefficient (Wildman–Crippen LogP) is 2.55. The van der Waals surface area contributed by atoms with Crippen molar-refractivity contribution in [1.29, 1.82) is 0 Å². The Labute approximate surface area is 109 Å². The second-order valence-electron chi connectivity index (χ2n) is 3.96. The van der Waals surface area contributed by atoms with Gasteiger partial charge in [-0.1, -0.05) is 30.7 Å². The van der Waals surface area contributed by atoms with Crippen LogP contribution in [0.2, 0.25) is 0 Å². The lowest BCUT2D eigenvalue weighted by Gasteiger charge is -2.12. The minimum atomic E-state index is -0.483. The zero-order valence-corrected chi connectivity index (χ0v) is 10.5. The molecule has 2 rings (SSSR count). The maximum Gasteiger partial charge on any atom is 0.273 e. The molecule has 0 unspecified atom stereocenters. The van der Waals surface area contributed by atoms with Crippen molar-refractivity contribution in [3.8, 4) is 0 Å². The lowest BCUT2D eigenvalue weighted by Crippen LogP contribution is -2.31. The average molecular weight is 268 g/mol. The van der Waals surface area contributed by atoms with Crippen LogP contribution in [0, 0.1) is 5.82 Å². The maximum atomic E-state index is 12.8. The molecule has 1 aromatic rings. The summed E-state index contributed by atoms with van der Waals surface area (Å²) in [6.07, 6.45) is 0.665. The van der Waals surface area contributed by atoms with Gasteiger partial charge >= 0.3 is 0 Å². The Morgan fingerprint density at radius 3 is 2.33 bits per heavy atom. The summed E-state index contributed by atoms with van der Waals surface area (Å²) < 4.78 is 12.8. The van der Waals surface area contributed by atoms with E-state index < -0.39 is 17.6 Å². The second-order valence-corrected chi connectivity index (χ2v) is 4.34. The summed E-state index contributed by atoms with van der Waals surface area (Å²) >= 11 is 5.90. The van der Waals surface area contributed by atoms with Gasteiger partial charge in [0.15, 0.2) is 0 Å². The quantitative estimate of drug-likeness (QED) is 0.790. The molecule has 0 saturated carbocycles. The number of nitrogens with zero attached hydrogens (tertiary/aromatic N) is 1. The van der Waals surface area contributed by atoms with E-state index in [9.17, 15) is 14.0 Å². The molecule has 1 heterocycles. The van der Waals surface area contributed by atoms with Gasteiger partial charge in [0.2, 0.25) is 0 Å². The molecule has 2 amide bonds. The number of rotatable bonds is 3. The van der Waals surface area contributed by atoms with Gasteiger partial charge in [0.1, 0.15) is 10.8 Å². The van der Waals surface area contributed by atoms with Gasteiger partial charge in [0.05, 0.1) is 5.57 Å². The minimum absolute atomic E-state index is 0.0972. The molecule has 0 radical (unpaired) electrons. The van der Waals surface area contributed by atoms with Crippen LogP contribution in [0.3, 0.4) is 0 Å². The molecule has 1 aliphatic heterocycles. The van der Waals surface area contributed by atoms with Crippen molar-refractivity contribution < 1.29 is 14.0 Å². The van der Waals surface area contributed by atoms with Crippen LogP contribution in [-0.2, 0) is 9.59 Å². The van der Waals surface area contributed by atoms with E-state index in [2.05, 4.69) is 0 Å². The second kappa shape index (κ2) is 4.90. The fourth-order valence-corrected chi connectivity index (χ4v) is 2.13. The smallest absolute Gasteiger partial charge is 0.273 e. The summed E-state index contributed by atoms with van der Waals surface area (Å²) in [5, 5.41) is -0.0972. The van der Waals surface area contributed by atoms with Gasteiger partial charge in [-0.3, -0.25) is 14.5 Å². The van der Waals surface area contributed by atoms with E-state index >= 15 is 0 Å². The molecular formula is C13H11ClFNO2. The molecule has 1 aromatic carbocycles. The van der Waals surface area contributed by atoms with Crippen LogP contribution in [0.1, 0.15) is 18.9 Å². The highest BCUT2D eigenvalue weighted by Crippen LogP contribution is 2.31. The summed E-state index contributed by atoms with van der Waals surface area (Å²) in [5.41, 5.74) is 0.605. The Balaban J connectivity index is 2.41. The average Bonchev–Trinajstić information content (AvgIpc) is 2.56. The Morgan fingerprint density at radius 1 is 1.17 bits per heavy atom. The van der Waals surface area contributed by atoms with Crippen LogP contribution in [-0.4, -0.2) is 23.3 Å². The van der Waals surface area contributed by atoms with E-state index in [1.165, 1.54) is 24.3 Å². The van der Waals surface area contributed by atoms with Crippen LogP contribution >= 0.6 is 11.6 Å². The third-order valence-corrected chi connectivity index (χ3v) is 3.04. The standard InChI is InChI=1S/C13H11ClFNO2/c1-2-7-16-12(17)10(11(14)13(16)18)8-3-5-9(15)6-4-8/h3-6H,2,7H2,1H3. The highest BCUT2D eigenvalue weighted by Gasteiger charge is 2.37. The van der Waals surface area contributed by atoms with Crippen molar-refractivity contribution in [2.75, 3.05) is 6.54 Å². The first-order valence-corrected chi connectivity index (χ1v) is 5.96. The zero-order valence-electron chi connectivity index (χ0n) is 9.74. The first-order valence-electron chi connectivity index (χ1n) is 5.58. The summed E-state index contributed by atoms with van der Waals surface area (Å²) in [7, 11) is 0. The van der Waals surface area contributed by atoms with Crippen LogP contribution < -0.4 is 0 Å². The lowest BCUT2D eigenvalue weighted by molar-refractivity contribution is -0.136. The van der Waals surface area contributed by atoms with Crippen LogP contribution in [0.15, 0.2) is 29.3 Å². The number of amides is 2. The van der Waals surface area contributed by atoms with Crippen LogP contribution in [0.5, 0.6) is 0 Å². The van der Waals surface area contributed by atoms with E-state index in [1.54, 1.807) is 0 Å². The molecular weight excluding hydrogens is 257 g/mol. The third kappa shape index (κ3) is 2.04. The topological polar surface area (TPSA) is 37.4 Å². The molecule has 0 bridgehead atoms. The predicted molar refractivity (Wildman–Crippen MR) is 66.2 cm³/mol. The number of hydrogen-bond acceptors (Lipinski definition) is 2. The molecule has 18 heavy (non-hydrogen) atoms. The van der Waals surface area contributed by atoms with E-state index in [0.29, 0.717) is 18.5 Å². The first-order chi connectivity index (χ1) is 8.56. The van der Waals surface area contributed by atoms with Gasteiger partial charge in [0.25, 0.3) is 11.8 Å². The van der Waals surface area contributed by atoms with Crippen LogP contribution in [0.25, 0.3) is 5.57 Å². The van der Waals surface area contributed by atoms with E-state index in [4.69, 9.17) is 11.6 Å². The molecule has 0 atom stereocenters. The van der Waals surface area contributed by atoms with Gasteiger partial charge in [-0.15, -0.1) is 0 Å². The van der Waals surface area contributed by atoms with Crippen LogP contribution in [0.4, 0.5) is 4.39 Å². The third-order valence-electron chi connectivity index (χ3n) is 2.69. The number of benzene rings is 1.